The molecule has 7 nitrogen and oxygen atoms in total. The molecule has 0 fully saturated rings. The number of methoxy groups -OCH3 is 1. The third-order valence-corrected chi connectivity index (χ3v) is 3.36. The minimum Gasteiger partial charge on any atom is -0.495 e. The number of hydrogen-bond donors (Lipinski definition) is 2. The fourth-order valence-corrected chi connectivity index (χ4v) is 2.21. The Bertz CT molecular complexity index is 628. The third-order valence-electron chi connectivity index (χ3n) is 2.10. The molecule has 1 aromatic carbocycles. The van der Waals surface area contributed by atoms with E-state index in [1.54, 1.807) is 0 Å². The monoisotopic (exact) mass is 329 g/mol. The highest BCUT2D eigenvalue weighted by Gasteiger charge is 2.29. The number of benzene rings is 1. The smallest absolute Gasteiger partial charge is 0.413 e. The van der Waals surface area contributed by atoms with Crippen LogP contribution in [0.5, 0.6) is 5.75 Å². The molecule has 0 saturated heterocycles. The van der Waals surface area contributed by atoms with Gasteiger partial charge in [0.2, 0.25) is 0 Å². The second kappa shape index (κ2) is 6.28. The Balaban J connectivity index is 3.00. The van der Waals surface area contributed by atoms with Crippen molar-refractivity contribution in [3.63, 3.8) is 0 Å². The molecule has 2 N–H and O–H groups in total. The molecule has 0 spiro atoms. The Hall–Kier alpha value is -1.85. The minimum absolute atomic E-state index is 0.248. The highest BCUT2D eigenvalue weighted by atomic mass is 32.2. The van der Waals surface area contributed by atoms with Crippen LogP contribution in [0.25, 0.3) is 0 Å². The number of rotatable bonds is 6. The molecule has 0 aliphatic rings. The molecule has 21 heavy (non-hydrogen) atoms. The maximum atomic E-state index is 11.9. The zero-order valence-electron chi connectivity index (χ0n) is 10.5. The first-order chi connectivity index (χ1) is 9.57. The van der Waals surface area contributed by atoms with Crippen LogP contribution in [-0.4, -0.2) is 39.4 Å². The molecule has 0 amide bonds. The van der Waals surface area contributed by atoms with Crippen LogP contribution in [-0.2, 0) is 14.9 Å². The fourth-order valence-electron chi connectivity index (χ4n) is 1.26. The molecule has 0 radical (unpaired) electrons. The van der Waals surface area contributed by atoms with Gasteiger partial charge in [-0.15, -0.1) is 0 Å². The van der Waals surface area contributed by atoms with Crippen LogP contribution in [0.15, 0.2) is 23.1 Å². The van der Waals surface area contributed by atoms with Gasteiger partial charge in [0.25, 0.3) is 10.0 Å². The number of aromatic carboxylic acids is 1. The van der Waals surface area contributed by atoms with E-state index in [2.05, 4.69) is 4.84 Å². The van der Waals surface area contributed by atoms with E-state index >= 15 is 0 Å². The zero-order valence-corrected chi connectivity index (χ0v) is 11.3. The first kappa shape index (κ1) is 17.2. The normalized spacial score (nSPS) is 12.2. The highest BCUT2D eigenvalue weighted by molar-refractivity contribution is 7.89. The molecule has 0 bridgehead atoms. The summed E-state index contributed by atoms with van der Waals surface area (Å²) >= 11 is 0. The Labute approximate surface area is 117 Å². The van der Waals surface area contributed by atoms with Gasteiger partial charge in [0.15, 0.2) is 6.61 Å². The summed E-state index contributed by atoms with van der Waals surface area (Å²) in [6.45, 7) is -1.82. The van der Waals surface area contributed by atoms with Crippen molar-refractivity contribution in [1.29, 1.82) is 0 Å². The van der Waals surface area contributed by atoms with Gasteiger partial charge < -0.3 is 9.84 Å². The number of carboxylic acid groups (broad SMARTS) is 1. The van der Waals surface area contributed by atoms with Crippen molar-refractivity contribution in [3.05, 3.63) is 23.8 Å². The summed E-state index contributed by atoms with van der Waals surface area (Å²) in [4.78, 5) is 15.3. The summed E-state index contributed by atoms with van der Waals surface area (Å²) in [6, 6.07) is 2.76. The molecule has 1 rings (SSSR count). The maximum Gasteiger partial charge on any atom is 0.413 e. The summed E-state index contributed by atoms with van der Waals surface area (Å²) in [6.07, 6.45) is -4.71. The summed E-state index contributed by atoms with van der Waals surface area (Å²) in [5.74, 6) is -1.67. The van der Waals surface area contributed by atoms with Crippen LogP contribution in [0.2, 0.25) is 0 Å². The van der Waals surface area contributed by atoms with Crippen LogP contribution in [0.4, 0.5) is 13.2 Å². The summed E-state index contributed by atoms with van der Waals surface area (Å²) in [5.41, 5.74) is -0.248. The zero-order chi connectivity index (χ0) is 16.3. The molecule has 118 valence electrons. The molecule has 0 atom stereocenters. The van der Waals surface area contributed by atoms with Gasteiger partial charge in [0, 0.05) is 0 Å². The number of alkyl halides is 3. The summed E-state index contributed by atoms with van der Waals surface area (Å²) in [7, 11) is -3.38. The van der Waals surface area contributed by atoms with Gasteiger partial charge in [-0.1, -0.05) is 4.89 Å². The first-order valence-electron chi connectivity index (χ1n) is 5.18. The topological polar surface area (TPSA) is 102 Å². The Morgan fingerprint density at radius 3 is 2.48 bits per heavy atom. The predicted molar refractivity (Wildman–Crippen MR) is 62.3 cm³/mol. The van der Waals surface area contributed by atoms with E-state index in [4.69, 9.17) is 9.84 Å². The molecule has 0 saturated carbocycles. The second-order valence-electron chi connectivity index (χ2n) is 3.66. The van der Waals surface area contributed by atoms with Crippen LogP contribution in [0.3, 0.4) is 0 Å². The molecular formula is C10H10F3NO6S. The predicted octanol–water partition coefficient (Wildman–Crippen LogP) is 1.17. The number of ether oxygens (including phenoxy) is 1. The molecular weight excluding hydrogens is 319 g/mol. The molecule has 0 unspecified atom stereocenters. The van der Waals surface area contributed by atoms with Gasteiger partial charge in [0.1, 0.15) is 10.6 Å². The number of carboxylic acids is 1. The van der Waals surface area contributed by atoms with Gasteiger partial charge in [-0.05, 0) is 18.2 Å². The van der Waals surface area contributed by atoms with Gasteiger partial charge in [0.05, 0.1) is 12.7 Å². The van der Waals surface area contributed by atoms with E-state index in [0.717, 1.165) is 25.3 Å². The third kappa shape index (κ3) is 4.88. The quantitative estimate of drug-likeness (QED) is 0.760. The van der Waals surface area contributed by atoms with Crippen molar-refractivity contribution in [1.82, 2.24) is 4.89 Å². The van der Waals surface area contributed by atoms with E-state index in [-0.39, 0.29) is 11.3 Å². The van der Waals surface area contributed by atoms with E-state index in [0.29, 0.717) is 0 Å². The van der Waals surface area contributed by atoms with Crippen molar-refractivity contribution in [2.24, 2.45) is 0 Å². The Morgan fingerprint density at radius 2 is 2.00 bits per heavy atom. The van der Waals surface area contributed by atoms with E-state index in [1.807, 2.05) is 0 Å². The van der Waals surface area contributed by atoms with Gasteiger partial charge in [-0.2, -0.15) is 13.2 Å². The second-order valence-corrected chi connectivity index (χ2v) is 5.27. The van der Waals surface area contributed by atoms with Gasteiger partial charge >= 0.3 is 12.1 Å². The maximum absolute atomic E-state index is 11.9. The van der Waals surface area contributed by atoms with Crippen LogP contribution < -0.4 is 9.62 Å². The molecule has 0 heterocycles. The fraction of sp³-hybridized carbons (Fsp3) is 0.300. The number of nitrogens with one attached hydrogen (secondary N) is 1. The lowest BCUT2D eigenvalue weighted by molar-refractivity contribution is -0.181. The van der Waals surface area contributed by atoms with E-state index < -0.39 is 33.7 Å². The van der Waals surface area contributed by atoms with Gasteiger partial charge in [-0.25, -0.2) is 13.2 Å². The van der Waals surface area contributed by atoms with Crippen molar-refractivity contribution < 1.29 is 41.1 Å². The first-order valence-corrected chi connectivity index (χ1v) is 6.67. The number of carbonyl (C=O) groups is 1. The number of sulfonamides is 1. The lowest BCUT2D eigenvalue weighted by Gasteiger charge is -2.12. The molecule has 0 aromatic heterocycles. The van der Waals surface area contributed by atoms with Gasteiger partial charge in [-0.3, -0.25) is 4.84 Å². The minimum atomic E-state index is -4.71. The average Bonchev–Trinajstić information content (AvgIpc) is 2.35. The van der Waals surface area contributed by atoms with Crippen molar-refractivity contribution in [2.45, 2.75) is 11.1 Å². The number of hydrogen-bond acceptors (Lipinski definition) is 5. The van der Waals surface area contributed by atoms with Crippen LogP contribution >= 0.6 is 0 Å². The molecule has 11 heteroatoms. The van der Waals surface area contributed by atoms with Crippen molar-refractivity contribution >= 4 is 16.0 Å². The van der Waals surface area contributed by atoms with Crippen LogP contribution in [0, 0.1) is 0 Å². The van der Waals surface area contributed by atoms with Crippen molar-refractivity contribution in [3.8, 4) is 5.75 Å². The largest absolute Gasteiger partial charge is 0.495 e. The summed E-state index contributed by atoms with van der Waals surface area (Å²) < 4.78 is 63.8. The van der Waals surface area contributed by atoms with E-state index in [1.165, 1.54) is 4.89 Å². The average molecular weight is 329 g/mol. The lowest BCUT2D eigenvalue weighted by Crippen LogP contribution is -2.30. The molecule has 0 aliphatic heterocycles. The SMILES string of the molecule is COc1cc(C(=O)O)ccc1S(=O)(=O)NOCC(F)(F)F. The lowest BCUT2D eigenvalue weighted by atomic mass is 10.2. The van der Waals surface area contributed by atoms with Crippen molar-refractivity contribution in [2.75, 3.05) is 13.7 Å². The number of halogens is 3. The Kier molecular flexibility index (Phi) is 5.15. The van der Waals surface area contributed by atoms with E-state index in [9.17, 15) is 26.4 Å². The Morgan fingerprint density at radius 1 is 1.38 bits per heavy atom. The van der Waals surface area contributed by atoms with Crippen LogP contribution in [0.1, 0.15) is 10.4 Å². The highest BCUT2D eigenvalue weighted by Crippen LogP contribution is 2.25. The molecule has 1 aromatic rings. The molecule has 0 aliphatic carbocycles. The standard InChI is InChI=1S/C10H10F3NO6S/c1-19-7-4-6(9(15)16)2-3-8(7)21(17,18)14-20-5-10(11,12)13/h2-4,14H,5H2,1H3,(H,15,16). The summed E-state index contributed by atoms with van der Waals surface area (Å²) in [5, 5.41) is 8.76.